The minimum atomic E-state index is -4.02. The van der Waals surface area contributed by atoms with Gasteiger partial charge in [0.1, 0.15) is 5.82 Å². The van der Waals surface area contributed by atoms with Gasteiger partial charge in [-0.3, -0.25) is 4.90 Å². The Morgan fingerprint density at radius 1 is 0.769 bits per heavy atom. The average molecular weight is 765 g/mol. The van der Waals surface area contributed by atoms with Crippen LogP contribution >= 0.6 is 11.6 Å². The van der Waals surface area contributed by atoms with Crippen LogP contribution < -0.4 is 0 Å². The summed E-state index contributed by atoms with van der Waals surface area (Å²) in [6, 6.07) is 19.9. The molecule has 0 spiro atoms. The van der Waals surface area contributed by atoms with Crippen molar-refractivity contribution in [2.24, 2.45) is 11.8 Å². The fourth-order valence-electron chi connectivity index (χ4n) is 9.06. The van der Waals surface area contributed by atoms with E-state index >= 15 is 0 Å². The summed E-state index contributed by atoms with van der Waals surface area (Å²) >= 11 is 6.42. The third-order valence-electron chi connectivity index (χ3n) is 11.8. The highest BCUT2D eigenvalue weighted by Crippen LogP contribution is 2.45. The highest BCUT2D eigenvalue weighted by Gasteiger charge is 2.51. The molecule has 0 bridgehead atoms. The molecule has 0 radical (unpaired) electrons. The molecule has 4 atom stereocenters. The maximum Gasteiger partial charge on any atom is 0.269 e. The predicted octanol–water partition coefficient (Wildman–Crippen LogP) is 8.41. The van der Waals surface area contributed by atoms with Crippen molar-refractivity contribution in [1.29, 1.82) is 0 Å². The summed E-state index contributed by atoms with van der Waals surface area (Å²) in [6.07, 6.45) is 5.77. The van der Waals surface area contributed by atoms with Crippen molar-refractivity contribution in [2.45, 2.75) is 119 Å². The van der Waals surface area contributed by atoms with Crippen molar-refractivity contribution < 1.29 is 16.8 Å². The summed E-state index contributed by atoms with van der Waals surface area (Å²) in [5, 5.41) is 0.431. The number of rotatable bonds is 8. The first-order valence-corrected chi connectivity index (χ1v) is 22.1. The van der Waals surface area contributed by atoms with Gasteiger partial charge < -0.3 is 0 Å². The van der Waals surface area contributed by atoms with Gasteiger partial charge in [-0.15, -0.1) is 0 Å². The maximum absolute atomic E-state index is 14.6. The van der Waals surface area contributed by atoms with E-state index in [-0.39, 0.29) is 27.7 Å². The predicted molar refractivity (Wildman–Crippen MR) is 209 cm³/mol. The maximum atomic E-state index is 14.6. The first-order chi connectivity index (χ1) is 24.5. The van der Waals surface area contributed by atoms with Crippen molar-refractivity contribution in [2.75, 3.05) is 19.6 Å². The summed E-state index contributed by atoms with van der Waals surface area (Å²) in [7, 11) is -7.80. The minimum absolute atomic E-state index is 0.0813. The van der Waals surface area contributed by atoms with E-state index < -0.39 is 20.0 Å². The largest absolute Gasteiger partial charge is 0.300 e. The normalized spacial score (nSPS) is 23.5. The molecule has 4 aromatic rings. The van der Waals surface area contributed by atoms with Crippen molar-refractivity contribution >= 4 is 42.7 Å². The Labute approximate surface area is 315 Å². The number of aromatic nitrogens is 2. The SMILES string of the molecule is CC(C)(C)c1ccc(S(=O)(=O)N2C[C@@H]3CCCN4CCC[C@@H]([C@H]34)[C@H]2CCCc2nc3ccc(Cl)cc3n2S(=O)(=O)c2ccc(C(C)(C)C)cc2)cc1. The van der Waals surface area contributed by atoms with Crippen molar-refractivity contribution in [1.82, 2.24) is 18.2 Å². The summed E-state index contributed by atoms with van der Waals surface area (Å²) in [5.41, 5.74) is 2.94. The van der Waals surface area contributed by atoms with Crippen LogP contribution in [0, 0.1) is 11.8 Å². The van der Waals surface area contributed by atoms with Crippen LogP contribution in [0.25, 0.3) is 11.0 Å². The zero-order chi connectivity index (χ0) is 37.2. The van der Waals surface area contributed by atoms with Crippen molar-refractivity contribution in [3.63, 3.8) is 0 Å². The van der Waals surface area contributed by atoms with Gasteiger partial charge in [-0.25, -0.2) is 25.8 Å². The summed E-state index contributed by atoms with van der Waals surface area (Å²) in [5.74, 6) is 0.961. The van der Waals surface area contributed by atoms with E-state index in [0.29, 0.717) is 64.5 Å². The topological polar surface area (TPSA) is 92.6 Å². The number of aryl methyl sites for hydroxylation is 1. The highest BCUT2D eigenvalue weighted by molar-refractivity contribution is 7.90. The molecule has 8 nitrogen and oxygen atoms in total. The molecular formula is C41H53ClN4O4S2. The van der Waals surface area contributed by atoms with Crippen LogP contribution in [-0.4, -0.2) is 66.7 Å². The molecule has 3 saturated heterocycles. The highest BCUT2D eigenvalue weighted by atomic mass is 35.5. The van der Waals surface area contributed by atoms with Crippen LogP contribution in [0.4, 0.5) is 0 Å². The van der Waals surface area contributed by atoms with Gasteiger partial charge in [0.05, 0.1) is 20.8 Å². The fraction of sp³-hybridized carbons (Fsp3) is 0.537. The first-order valence-electron chi connectivity index (χ1n) is 18.9. The van der Waals surface area contributed by atoms with Gasteiger partial charge in [-0.05, 0) is 128 Å². The third-order valence-corrected chi connectivity index (χ3v) is 15.6. The Hall–Kier alpha value is -2.76. The van der Waals surface area contributed by atoms with E-state index in [1.807, 2.05) is 28.6 Å². The number of fused-ring (bicyclic) bond motifs is 1. The lowest BCUT2D eigenvalue weighted by atomic mass is 9.70. The zero-order valence-corrected chi connectivity index (χ0v) is 33.7. The lowest BCUT2D eigenvalue weighted by Gasteiger charge is -2.57. The zero-order valence-electron chi connectivity index (χ0n) is 31.3. The Bertz CT molecular complexity index is 2150. The van der Waals surface area contributed by atoms with Gasteiger partial charge in [0.2, 0.25) is 10.0 Å². The lowest BCUT2D eigenvalue weighted by Crippen LogP contribution is -2.65. The Balaban J connectivity index is 1.22. The Morgan fingerprint density at radius 3 is 1.94 bits per heavy atom. The van der Waals surface area contributed by atoms with E-state index in [2.05, 4.69) is 46.4 Å². The Kier molecular flexibility index (Phi) is 9.98. The van der Waals surface area contributed by atoms with E-state index in [9.17, 15) is 16.8 Å². The number of sulfonamides is 1. The second kappa shape index (κ2) is 13.8. The molecule has 0 amide bonds. The molecule has 0 unspecified atom stereocenters. The molecule has 0 N–H and O–H groups in total. The number of nitrogens with zero attached hydrogens (tertiary/aromatic N) is 4. The van der Waals surface area contributed by atoms with Gasteiger partial charge in [-0.1, -0.05) is 77.4 Å². The second-order valence-electron chi connectivity index (χ2n) is 17.2. The number of imidazole rings is 1. The average Bonchev–Trinajstić information content (AvgIpc) is 3.46. The summed E-state index contributed by atoms with van der Waals surface area (Å²) < 4.78 is 61.2. The van der Waals surface area contributed by atoms with E-state index in [4.69, 9.17) is 16.6 Å². The molecule has 3 aliphatic heterocycles. The minimum Gasteiger partial charge on any atom is -0.300 e. The molecule has 3 aromatic carbocycles. The van der Waals surface area contributed by atoms with Gasteiger partial charge in [0, 0.05) is 30.1 Å². The van der Waals surface area contributed by atoms with Crippen LogP contribution in [-0.2, 0) is 37.3 Å². The number of hydrogen-bond acceptors (Lipinski definition) is 6. The van der Waals surface area contributed by atoms with Gasteiger partial charge >= 0.3 is 0 Å². The molecule has 7 rings (SSSR count). The monoisotopic (exact) mass is 764 g/mol. The van der Waals surface area contributed by atoms with Gasteiger partial charge in [0.15, 0.2) is 0 Å². The van der Waals surface area contributed by atoms with E-state index in [1.165, 1.54) is 3.97 Å². The molecule has 0 saturated carbocycles. The van der Waals surface area contributed by atoms with Crippen molar-refractivity contribution in [3.05, 3.63) is 88.7 Å². The molecule has 4 heterocycles. The molecule has 0 aliphatic carbocycles. The number of benzene rings is 3. The number of halogens is 1. The second-order valence-corrected chi connectivity index (χ2v) is 21.4. The van der Waals surface area contributed by atoms with Crippen LogP contribution in [0.3, 0.4) is 0 Å². The molecule has 11 heteroatoms. The summed E-state index contributed by atoms with van der Waals surface area (Å²) in [4.78, 5) is 8.00. The molecule has 3 aliphatic rings. The summed E-state index contributed by atoms with van der Waals surface area (Å²) in [6.45, 7) is 15.4. The Morgan fingerprint density at radius 2 is 1.35 bits per heavy atom. The van der Waals surface area contributed by atoms with Crippen LogP contribution in [0.15, 0.2) is 76.5 Å². The van der Waals surface area contributed by atoms with E-state index in [1.54, 1.807) is 42.5 Å². The lowest BCUT2D eigenvalue weighted by molar-refractivity contribution is -0.0523. The molecular weight excluding hydrogens is 712 g/mol. The molecule has 280 valence electrons. The molecule has 52 heavy (non-hydrogen) atoms. The fourth-order valence-corrected chi connectivity index (χ4v) is 12.5. The van der Waals surface area contributed by atoms with Gasteiger partial charge in [0.25, 0.3) is 10.0 Å². The molecule has 1 aromatic heterocycles. The van der Waals surface area contributed by atoms with Crippen molar-refractivity contribution in [3.8, 4) is 0 Å². The van der Waals surface area contributed by atoms with Crippen LogP contribution in [0.5, 0.6) is 0 Å². The van der Waals surface area contributed by atoms with Crippen LogP contribution in [0.1, 0.15) is 97.0 Å². The standard InChI is InChI=1S/C41H53ClN4O4S2/c1-40(2,3)29-14-19-32(20-15-29)51(47,48)45-27-28-10-8-24-44-25-9-11-34(39(28)44)36(45)12-7-13-38-43-35-23-18-31(42)26-37(35)46(38)52(49,50)33-21-16-30(17-22-33)41(4,5)6/h14-23,26,28,34,36,39H,7-13,24-25,27H2,1-6H3/t28-,34+,36+,39-/m0/s1. The number of piperidine rings is 3. The van der Waals surface area contributed by atoms with Gasteiger partial charge in [-0.2, -0.15) is 4.31 Å². The quantitative estimate of drug-likeness (QED) is 0.179. The first kappa shape index (κ1) is 37.6. The van der Waals surface area contributed by atoms with E-state index in [0.717, 1.165) is 49.9 Å². The smallest absolute Gasteiger partial charge is 0.269 e. The van der Waals surface area contributed by atoms with Crippen LogP contribution in [0.2, 0.25) is 5.02 Å². The third kappa shape index (κ3) is 6.99. The molecule has 3 fully saturated rings. The number of hydrogen-bond donors (Lipinski definition) is 0.